The summed E-state index contributed by atoms with van der Waals surface area (Å²) < 4.78 is 33.9. The highest BCUT2D eigenvalue weighted by Gasteiger charge is 2.33. The van der Waals surface area contributed by atoms with E-state index in [1.54, 1.807) is 24.0 Å². The van der Waals surface area contributed by atoms with E-state index in [0.29, 0.717) is 5.69 Å². The zero-order valence-corrected chi connectivity index (χ0v) is 17.8. The van der Waals surface area contributed by atoms with Gasteiger partial charge in [-0.25, -0.2) is 18.7 Å². The van der Waals surface area contributed by atoms with Crippen molar-refractivity contribution in [2.75, 3.05) is 6.54 Å². The molecule has 0 aliphatic rings. The Balaban J connectivity index is 1.58. The van der Waals surface area contributed by atoms with E-state index in [0.717, 1.165) is 17.7 Å². The van der Waals surface area contributed by atoms with Gasteiger partial charge in [0.15, 0.2) is 11.5 Å². The van der Waals surface area contributed by atoms with Crippen molar-refractivity contribution in [2.45, 2.75) is 12.3 Å². The monoisotopic (exact) mass is 458 g/mol. The molecule has 0 aliphatic carbocycles. The lowest BCUT2D eigenvalue weighted by Gasteiger charge is -2.28. The molecule has 1 amide bonds. The second-order valence-electron chi connectivity index (χ2n) is 7.33. The minimum Gasteiger partial charge on any atom is -0.355 e. The Kier molecular flexibility index (Phi) is 5.70. The second-order valence-corrected chi connectivity index (χ2v) is 7.67. The lowest BCUT2D eigenvalue weighted by Crippen LogP contribution is -2.40. The van der Waals surface area contributed by atoms with Gasteiger partial charge in [-0.05, 0) is 36.7 Å². The van der Waals surface area contributed by atoms with E-state index in [2.05, 4.69) is 25.5 Å². The zero-order chi connectivity index (χ0) is 22.9. The Morgan fingerprint density at radius 1 is 1.28 bits per heavy atom. The minimum absolute atomic E-state index is 0.00486. The summed E-state index contributed by atoms with van der Waals surface area (Å²) in [5.41, 5.74) is 0.530. The molecule has 32 heavy (non-hydrogen) atoms. The summed E-state index contributed by atoms with van der Waals surface area (Å²) in [6, 6.07) is 6.02. The van der Waals surface area contributed by atoms with Gasteiger partial charge in [-0.2, -0.15) is 5.10 Å². The Labute approximate surface area is 186 Å². The van der Waals surface area contributed by atoms with Crippen LogP contribution in [0.1, 0.15) is 28.7 Å². The smallest absolute Gasteiger partial charge is 0.273 e. The highest BCUT2D eigenvalue weighted by Crippen LogP contribution is 2.30. The topological polar surface area (TPSA) is 98.7 Å². The maximum Gasteiger partial charge on any atom is 0.273 e. The van der Waals surface area contributed by atoms with Crippen LogP contribution in [0.15, 0.2) is 53.4 Å². The third-order valence-electron chi connectivity index (χ3n) is 5.08. The Bertz CT molecular complexity index is 1290. The van der Waals surface area contributed by atoms with Crippen LogP contribution in [0.2, 0.25) is 5.28 Å². The number of rotatable bonds is 6. The maximum atomic E-state index is 14.0. The molecule has 1 N–H and O–H groups in total. The van der Waals surface area contributed by atoms with E-state index in [1.165, 1.54) is 18.3 Å². The summed E-state index contributed by atoms with van der Waals surface area (Å²) in [5, 5.41) is 10.8. The number of hydrogen-bond donors (Lipinski definition) is 1. The number of amides is 1. The normalized spacial score (nSPS) is 13.0. The first kappa shape index (κ1) is 21.6. The number of aryl methyl sites for hydroxylation is 1. The van der Waals surface area contributed by atoms with Gasteiger partial charge in [-0.3, -0.25) is 9.48 Å². The number of benzene rings is 1. The lowest BCUT2D eigenvalue weighted by atomic mass is 9.80. The van der Waals surface area contributed by atoms with Gasteiger partial charge in [0.2, 0.25) is 5.28 Å². The van der Waals surface area contributed by atoms with Gasteiger partial charge in [0.05, 0.1) is 22.9 Å². The average molecular weight is 459 g/mol. The number of carbonyl (C=O) groups excluding carboxylic acids is 1. The SMILES string of the molecule is Cn1cc(C(C)(CNC(=O)c2cc(-c3ccc(F)cc3F)on2)c2ccnc(Cl)n2)cn1. The van der Waals surface area contributed by atoms with Crippen molar-refractivity contribution in [2.24, 2.45) is 7.05 Å². The summed E-state index contributed by atoms with van der Waals surface area (Å²) in [6.07, 6.45) is 5.02. The fourth-order valence-corrected chi connectivity index (χ4v) is 3.38. The number of nitrogens with zero attached hydrogens (tertiary/aromatic N) is 5. The lowest BCUT2D eigenvalue weighted by molar-refractivity contribution is 0.0938. The third kappa shape index (κ3) is 4.22. The van der Waals surface area contributed by atoms with E-state index in [-0.39, 0.29) is 28.8 Å². The molecule has 8 nitrogen and oxygen atoms in total. The van der Waals surface area contributed by atoms with Crippen LogP contribution in [0, 0.1) is 11.6 Å². The number of carbonyl (C=O) groups is 1. The van der Waals surface area contributed by atoms with E-state index in [9.17, 15) is 13.6 Å². The summed E-state index contributed by atoms with van der Waals surface area (Å²) in [5.74, 6) is -2.08. The molecule has 0 saturated heterocycles. The zero-order valence-electron chi connectivity index (χ0n) is 17.0. The molecule has 3 aromatic heterocycles. The molecule has 1 atom stereocenters. The van der Waals surface area contributed by atoms with Crippen LogP contribution < -0.4 is 5.32 Å². The van der Waals surface area contributed by atoms with Crippen LogP contribution in [-0.4, -0.2) is 37.4 Å². The van der Waals surface area contributed by atoms with Crippen LogP contribution in [0.25, 0.3) is 11.3 Å². The molecule has 1 aromatic carbocycles. The second kappa shape index (κ2) is 8.46. The van der Waals surface area contributed by atoms with Gasteiger partial charge in [-0.1, -0.05) is 5.16 Å². The van der Waals surface area contributed by atoms with Crippen LogP contribution in [-0.2, 0) is 12.5 Å². The molecule has 0 radical (unpaired) electrons. The summed E-state index contributed by atoms with van der Waals surface area (Å²) in [6.45, 7) is 2.00. The minimum atomic E-state index is -0.821. The van der Waals surface area contributed by atoms with Crippen molar-refractivity contribution in [1.82, 2.24) is 30.2 Å². The molecular formula is C21H17ClF2N6O2. The molecule has 0 bridgehead atoms. The van der Waals surface area contributed by atoms with Crippen molar-refractivity contribution in [3.63, 3.8) is 0 Å². The molecule has 0 spiro atoms. The molecule has 0 aliphatic heterocycles. The van der Waals surface area contributed by atoms with E-state index in [4.69, 9.17) is 16.1 Å². The number of nitrogens with one attached hydrogen (secondary N) is 1. The standard InChI is InChI=1S/C21H17ClF2N6O2/c1-21(12-9-27-30(2)10-12,18-5-6-25-20(22)28-18)11-26-19(31)16-8-17(32-29-16)14-4-3-13(23)7-15(14)24/h3-10H,11H2,1-2H3,(H,26,31). The van der Waals surface area contributed by atoms with Crippen molar-refractivity contribution in [3.05, 3.63) is 82.8 Å². The number of halogens is 3. The fraction of sp³-hybridized carbons (Fsp3) is 0.190. The molecule has 4 rings (SSSR count). The molecule has 0 fully saturated rings. The van der Waals surface area contributed by atoms with Crippen LogP contribution in [0.3, 0.4) is 0 Å². The molecule has 4 aromatic rings. The summed E-state index contributed by atoms with van der Waals surface area (Å²) in [4.78, 5) is 21.0. The first-order valence-electron chi connectivity index (χ1n) is 9.45. The predicted molar refractivity (Wildman–Crippen MR) is 111 cm³/mol. The van der Waals surface area contributed by atoms with Gasteiger partial charge in [0.25, 0.3) is 5.91 Å². The van der Waals surface area contributed by atoms with Crippen LogP contribution in [0.5, 0.6) is 0 Å². The van der Waals surface area contributed by atoms with E-state index < -0.39 is 23.0 Å². The van der Waals surface area contributed by atoms with Crippen molar-refractivity contribution < 1.29 is 18.1 Å². The highest BCUT2D eigenvalue weighted by atomic mass is 35.5. The quantitative estimate of drug-likeness (QED) is 0.444. The van der Waals surface area contributed by atoms with E-state index >= 15 is 0 Å². The summed E-state index contributed by atoms with van der Waals surface area (Å²) >= 11 is 5.98. The van der Waals surface area contributed by atoms with Gasteiger partial charge >= 0.3 is 0 Å². The fourth-order valence-electron chi connectivity index (χ4n) is 3.23. The number of aromatic nitrogens is 5. The molecule has 164 valence electrons. The highest BCUT2D eigenvalue weighted by molar-refractivity contribution is 6.28. The van der Waals surface area contributed by atoms with Gasteiger partial charge in [0, 0.05) is 43.7 Å². The molecule has 1 unspecified atom stereocenters. The van der Waals surface area contributed by atoms with Crippen molar-refractivity contribution >= 4 is 17.5 Å². The van der Waals surface area contributed by atoms with Crippen molar-refractivity contribution in [3.8, 4) is 11.3 Å². The van der Waals surface area contributed by atoms with Gasteiger partial charge < -0.3 is 9.84 Å². The predicted octanol–water partition coefficient (Wildman–Crippen LogP) is 3.53. The first-order chi connectivity index (χ1) is 15.3. The van der Waals surface area contributed by atoms with Gasteiger partial charge in [0.1, 0.15) is 11.6 Å². The summed E-state index contributed by atoms with van der Waals surface area (Å²) in [7, 11) is 1.78. The van der Waals surface area contributed by atoms with Gasteiger partial charge in [-0.15, -0.1) is 0 Å². The first-order valence-corrected chi connectivity index (χ1v) is 9.82. The Morgan fingerprint density at radius 2 is 2.09 bits per heavy atom. The molecular weight excluding hydrogens is 442 g/mol. The average Bonchev–Trinajstić information content (AvgIpc) is 3.41. The number of hydrogen-bond acceptors (Lipinski definition) is 6. The largest absolute Gasteiger partial charge is 0.355 e. The van der Waals surface area contributed by atoms with E-state index in [1.807, 2.05) is 13.1 Å². The Morgan fingerprint density at radius 3 is 2.78 bits per heavy atom. The van der Waals surface area contributed by atoms with Crippen molar-refractivity contribution in [1.29, 1.82) is 0 Å². The van der Waals surface area contributed by atoms with Crippen LogP contribution >= 0.6 is 11.6 Å². The third-order valence-corrected chi connectivity index (χ3v) is 5.26. The van der Waals surface area contributed by atoms with Crippen LogP contribution in [0.4, 0.5) is 8.78 Å². The molecule has 3 heterocycles. The Hall–Kier alpha value is -3.66. The molecule has 0 saturated carbocycles. The molecule has 11 heteroatoms. The maximum absolute atomic E-state index is 14.0.